The summed E-state index contributed by atoms with van der Waals surface area (Å²) in [4.78, 5) is 19.0. The molecule has 0 aliphatic rings. The summed E-state index contributed by atoms with van der Waals surface area (Å²) < 4.78 is 13.0. The SMILES string of the molecule is CC(C)(c1ccc(F)cc1)c1ncc(C(=O)O)c(N)n1. The highest BCUT2D eigenvalue weighted by molar-refractivity contribution is 5.92. The van der Waals surface area contributed by atoms with Crippen LogP contribution in [-0.4, -0.2) is 21.0 Å². The topological polar surface area (TPSA) is 89.1 Å². The van der Waals surface area contributed by atoms with Crippen LogP contribution >= 0.6 is 0 Å². The van der Waals surface area contributed by atoms with Crippen molar-refractivity contribution in [2.24, 2.45) is 0 Å². The van der Waals surface area contributed by atoms with Gasteiger partial charge in [0.25, 0.3) is 0 Å². The van der Waals surface area contributed by atoms with Gasteiger partial charge in [-0.3, -0.25) is 0 Å². The molecule has 0 radical (unpaired) electrons. The lowest BCUT2D eigenvalue weighted by atomic mass is 9.83. The van der Waals surface area contributed by atoms with Crippen LogP contribution in [0, 0.1) is 5.82 Å². The first-order chi connectivity index (χ1) is 9.32. The van der Waals surface area contributed by atoms with E-state index in [0.717, 1.165) is 5.56 Å². The Balaban J connectivity index is 2.46. The molecule has 5 nitrogen and oxygen atoms in total. The number of benzene rings is 1. The lowest BCUT2D eigenvalue weighted by Gasteiger charge is -2.23. The molecule has 20 heavy (non-hydrogen) atoms. The summed E-state index contributed by atoms with van der Waals surface area (Å²) in [7, 11) is 0. The van der Waals surface area contributed by atoms with Crippen LogP contribution < -0.4 is 5.73 Å². The Bertz CT molecular complexity index is 654. The van der Waals surface area contributed by atoms with Crippen LogP contribution in [0.3, 0.4) is 0 Å². The number of rotatable bonds is 3. The molecule has 2 rings (SSSR count). The Morgan fingerprint density at radius 2 is 1.90 bits per heavy atom. The second-order valence-corrected chi connectivity index (χ2v) is 4.93. The number of nitrogen functional groups attached to an aromatic ring is 1. The van der Waals surface area contributed by atoms with E-state index in [1.165, 1.54) is 18.3 Å². The van der Waals surface area contributed by atoms with Crippen molar-refractivity contribution in [2.75, 3.05) is 5.73 Å². The van der Waals surface area contributed by atoms with Gasteiger partial charge in [0.2, 0.25) is 0 Å². The molecule has 0 fully saturated rings. The molecule has 2 aromatic rings. The zero-order chi connectivity index (χ0) is 14.9. The van der Waals surface area contributed by atoms with E-state index in [0.29, 0.717) is 5.82 Å². The van der Waals surface area contributed by atoms with Gasteiger partial charge in [-0.2, -0.15) is 0 Å². The number of anilines is 1. The first kappa shape index (κ1) is 13.9. The number of halogens is 1. The summed E-state index contributed by atoms with van der Waals surface area (Å²) in [6.07, 6.45) is 1.19. The van der Waals surface area contributed by atoms with E-state index >= 15 is 0 Å². The van der Waals surface area contributed by atoms with Gasteiger partial charge >= 0.3 is 5.97 Å². The molecule has 0 aliphatic carbocycles. The fourth-order valence-electron chi connectivity index (χ4n) is 1.86. The molecule has 0 saturated carbocycles. The van der Waals surface area contributed by atoms with Crippen LogP contribution in [0.25, 0.3) is 0 Å². The predicted octanol–water partition coefficient (Wildman–Crippen LogP) is 2.22. The summed E-state index contributed by atoms with van der Waals surface area (Å²) in [5.41, 5.74) is 5.69. The van der Waals surface area contributed by atoms with Gasteiger partial charge in [-0.05, 0) is 31.5 Å². The molecule has 1 heterocycles. The zero-order valence-corrected chi connectivity index (χ0v) is 11.1. The third-order valence-electron chi connectivity index (χ3n) is 3.17. The molecule has 0 spiro atoms. The third-order valence-corrected chi connectivity index (χ3v) is 3.17. The monoisotopic (exact) mass is 275 g/mol. The quantitative estimate of drug-likeness (QED) is 0.896. The molecule has 104 valence electrons. The minimum atomic E-state index is -1.17. The van der Waals surface area contributed by atoms with Crippen molar-refractivity contribution in [1.82, 2.24) is 9.97 Å². The van der Waals surface area contributed by atoms with Crippen molar-refractivity contribution in [2.45, 2.75) is 19.3 Å². The number of nitrogens with two attached hydrogens (primary N) is 1. The maximum atomic E-state index is 13.0. The summed E-state index contributed by atoms with van der Waals surface area (Å²) in [6, 6.07) is 5.98. The van der Waals surface area contributed by atoms with Crippen molar-refractivity contribution in [3.8, 4) is 0 Å². The van der Waals surface area contributed by atoms with Crippen LogP contribution in [0.4, 0.5) is 10.2 Å². The fourth-order valence-corrected chi connectivity index (χ4v) is 1.86. The molecule has 0 bridgehead atoms. The van der Waals surface area contributed by atoms with E-state index in [1.54, 1.807) is 12.1 Å². The van der Waals surface area contributed by atoms with Gasteiger partial charge in [-0.15, -0.1) is 0 Å². The standard InChI is InChI=1S/C14H14FN3O2/c1-14(2,8-3-5-9(15)6-4-8)13-17-7-10(12(19)20)11(16)18-13/h3-7H,1-2H3,(H,19,20)(H2,16,17,18). The molecule has 0 saturated heterocycles. The van der Waals surface area contributed by atoms with Gasteiger partial charge in [0.05, 0.1) is 0 Å². The first-order valence-corrected chi connectivity index (χ1v) is 5.94. The minimum absolute atomic E-state index is 0.0855. The number of nitrogens with zero attached hydrogens (tertiary/aromatic N) is 2. The highest BCUT2D eigenvalue weighted by atomic mass is 19.1. The number of aromatic carboxylic acids is 1. The van der Waals surface area contributed by atoms with Gasteiger partial charge in [0.1, 0.15) is 23.0 Å². The van der Waals surface area contributed by atoms with E-state index in [9.17, 15) is 9.18 Å². The Morgan fingerprint density at radius 1 is 1.30 bits per heavy atom. The fraction of sp³-hybridized carbons (Fsp3) is 0.214. The van der Waals surface area contributed by atoms with E-state index in [2.05, 4.69) is 9.97 Å². The number of aromatic nitrogens is 2. The van der Waals surface area contributed by atoms with Crippen molar-refractivity contribution in [3.05, 3.63) is 53.2 Å². The van der Waals surface area contributed by atoms with Gasteiger partial charge < -0.3 is 10.8 Å². The lowest BCUT2D eigenvalue weighted by molar-refractivity contribution is 0.0697. The second-order valence-electron chi connectivity index (χ2n) is 4.93. The molecule has 1 aromatic heterocycles. The summed E-state index contributed by atoms with van der Waals surface area (Å²) >= 11 is 0. The van der Waals surface area contributed by atoms with E-state index < -0.39 is 11.4 Å². The maximum absolute atomic E-state index is 13.0. The van der Waals surface area contributed by atoms with Gasteiger partial charge in [-0.1, -0.05) is 12.1 Å². The summed E-state index contributed by atoms with van der Waals surface area (Å²) in [5, 5.41) is 8.91. The normalized spacial score (nSPS) is 11.3. The largest absolute Gasteiger partial charge is 0.477 e. The van der Waals surface area contributed by atoms with Gasteiger partial charge in [0, 0.05) is 11.6 Å². The van der Waals surface area contributed by atoms with E-state index in [1.807, 2.05) is 13.8 Å². The predicted molar refractivity (Wildman–Crippen MR) is 71.9 cm³/mol. The van der Waals surface area contributed by atoms with E-state index in [-0.39, 0.29) is 17.2 Å². The van der Waals surface area contributed by atoms with Crippen LogP contribution in [0.1, 0.15) is 35.6 Å². The zero-order valence-electron chi connectivity index (χ0n) is 11.1. The minimum Gasteiger partial charge on any atom is -0.477 e. The average molecular weight is 275 g/mol. The molecule has 3 N–H and O–H groups in total. The number of carboxylic acids is 1. The molecule has 6 heteroatoms. The molecule has 0 unspecified atom stereocenters. The van der Waals surface area contributed by atoms with Crippen molar-refractivity contribution in [1.29, 1.82) is 0 Å². The lowest BCUT2D eigenvalue weighted by Crippen LogP contribution is -2.24. The smallest absolute Gasteiger partial charge is 0.341 e. The number of carboxylic acid groups (broad SMARTS) is 1. The molecule has 0 atom stereocenters. The number of hydrogen-bond donors (Lipinski definition) is 2. The van der Waals surface area contributed by atoms with Crippen LogP contribution in [-0.2, 0) is 5.41 Å². The highest BCUT2D eigenvalue weighted by Gasteiger charge is 2.27. The van der Waals surface area contributed by atoms with Crippen LogP contribution in [0.15, 0.2) is 30.5 Å². The Hall–Kier alpha value is -2.50. The Kier molecular flexibility index (Phi) is 3.40. The van der Waals surface area contributed by atoms with E-state index in [4.69, 9.17) is 10.8 Å². The van der Waals surface area contributed by atoms with Crippen molar-refractivity contribution < 1.29 is 14.3 Å². The van der Waals surface area contributed by atoms with Crippen molar-refractivity contribution >= 4 is 11.8 Å². The van der Waals surface area contributed by atoms with Crippen molar-refractivity contribution in [3.63, 3.8) is 0 Å². The molecule has 0 aliphatic heterocycles. The molecule has 0 amide bonds. The summed E-state index contributed by atoms with van der Waals surface area (Å²) in [6.45, 7) is 3.71. The van der Waals surface area contributed by atoms with Crippen LogP contribution in [0.2, 0.25) is 0 Å². The summed E-state index contributed by atoms with van der Waals surface area (Å²) in [5.74, 6) is -1.20. The maximum Gasteiger partial charge on any atom is 0.341 e. The Morgan fingerprint density at radius 3 is 2.40 bits per heavy atom. The average Bonchev–Trinajstić information content (AvgIpc) is 2.38. The van der Waals surface area contributed by atoms with Gasteiger partial charge in [0.15, 0.2) is 0 Å². The van der Waals surface area contributed by atoms with Crippen LogP contribution in [0.5, 0.6) is 0 Å². The molecular formula is C14H14FN3O2. The first-order valence-electron chi connectivity index (χ1n) is 5.94. The highest BCUT2D eigenvalue weighted by Crippen LogP contribution is 2.29. The second kappa shape index (κ2) is 4.88. The number of hydrogen-bond acceptors (Lipinski definition) is 4. The van der Waals surface area contributed by atoms with Gasteiger partial charge in [-0.25, -0.2) is 19.2 Å². The molecular weight excluding hydrogens is 261 g/mol. The number of carbonyl (C=O) groups is 1. The third kappa shape index (κ3) is 2.45. The Labute approximate surface area is 115 Å². The molecule has 1 aromatic carbocycles.